The lowest BCUT2D eigenvalue weighted by molar-refractivity contribution is -2.00. The van der Waals surface area contributed by atoms with Gasteiger partial charge in [0.15, 0.2) is 12.3 Å². The van der Waals surface area contributed by atoms with Crippen molar-refractivity contribution in [2.24, 2.45) is 0 Å². The molecule has 2 unspecified atom stereocenters. The van der Waals surface area contributed by atoms with Crippen molar-refractivity contribution in [3.8, 4) is 0 Å². The third-order valence-corrected chi connectivity index (χ3v) is 3.43. The van der Waals surface area contributed by atoms with Gasteiger partial charge in [-0.05, 0) is 19.9 Å². The molecule has 0 saturated heterocycles. The molecule has 1 aliphatic heterocycles. The number of carbonyl (C=O) groups excluding carboxylic acids is 1. The Balaban J connectivity index is 0.000000312. The van der Waals surface area contributed by atoms with Crippen molar-refractivity contribution in [3.05, 3.63) is 29.8 Å². The summed E-state index contributed by atoms with van der Waals surface area (Å²) in [6.45, 7) is 4.28. The molecule has 1 aromatic rings. The molecule has 0 spiro atoms. The van der Waals surface area contributed by atoms with E-state index in [1.165, 1.54) is 16.2 Å². The highest BCUT2D eigenvalue weighted by Crippen LogP contribution is 2.34. The van der Waals surface area contributed by atoms with Gasteiger partial charge in [-0.15, -0.1) is 10.2 Å². The van der Waals surface area contributed by atoms with Crippen molar-refractivity contribution in [2.75, 3.05) is 7.05 Å². The molecule has 0 aliphatic carbocycles. The van der Waals surface area contributed by atoms with Crippen LogP contribution < -0.4 is 23.5 Å². The molecule has 0 bridgehead atoms. The minimum Gasteiger partial charge on any atom is -0.297 e. The van der Waals surface area contributed by atoms with Crippen LogP contribution in [0.1, 0.15) is 19.4 Å². The van der Waals surface area contributed by atoms with Gasteiger partial charge in [0.05, 0.1) is 12.5 Å². The van der Waals surface area contributed by atoms with Crippen molar-refractivity contribution in [2.45, 2.75) is 25.3 Å². The molecule has 0 saturated carbocycles. The first kappa shape index (κ1) is 16.0. The van der Waals surface area contributed by atoms with Crippen molar-refractivity contribution in [1.82, 2.24) is 0 Å². The second kappa shape index (κ2) is 5.54. The number of carbonyl (C=O) groups is 1. The molecule has 106 valence electrons. The number of hydrogen-bond donors (Lipinski definition) is 1. The van der Waals surface area contributed by atoms with Gasteiger partial charge in [-0.3, -0.25) is 9.69 Å². The smallest absolute Gasteiger partial charge is 0.178 e. The van der Waals surface area contributed by atoms with Gasteiger partial charge in [0, 0.05) is 5.56 Å². The Hall–Kier alpha value is -1.02. The lowest BCUT2D eigenvalue weighted by Crippen LogP contribution is -3.08. The van der Waals surface area contributed by atoms with Crippen LogP contribution in [0.15, 0.2) is 24.3 Å². The van der Waals surface area contributed by atoms with E-state index in [2.05, 4.69) is 33.0 Å². The number of nitrogens with one attached hydrogen (secondary N) is 1. The molecule has 0 aromatic heterocycles. The van der Waals surface area contributed by atoms with Crippen LogP contribution in [0.4, 0.5) is 5.69 Å². The number of hydrogen-bond acceptors (Lipinski definition) is 5. The SMILES string of the molecule is C[NH+]1c2ccccc2C(C)(C)C1C=O.[O-][Cl+3]([O-])([O-])[O-]. The van der Waals surface area contributed by atoms with Gasteiger partial charge < -0.3 is 0 Å². The first-order valence-corrected chi connectivity index (χ1v) is 6.83. The maximum absolute atomic E-state index is 11.1. The third kappa shape index (κ3) is 3.73. The van der Waals surface area contributed by atoms with Crippen LogP contribution >= 0.6 is 0 Å². The Kier molecular flexibility index (Phi) is 4.67. The van der Waals surface area contributed by atoms with Crippen LogP contribution in [-0.2, 0) is 10.2 Å². The number of quaternary nitrogens is 1. The van der Waals surface area contributed by atoms with Gasteiger partial charge in [0.1, 0.15) is 5.69 Å². The highest BCUT2D eigenvalue weighted by molar-refractivity contribution is 5.65. The summed E-state index contributed by atoms with van der Waals surface area (Å²) in [5.41, 5.74) is 2.52. The van der Waals surface area contributed by atoms with Crippen LogP contribution in [0.25, 0.3) is 0 Å². The monoisotopic (exact) mass is 289 g/mol. The summed E-state index contributed by atoms with van der Waals surface area (Å²) in [5, 5.41) is 0. The van der Waals surface area contributed by atoms with Crippen LogP contribution in [-0.4, -0.2) is 19.4 Å². The molecule has 2 atom stereocenters. The molecule has 2 rings (SSSR count). The number of halogens is 1. The zero-order valence-electron chi connectivity index (χ0n) is 10.9. The number of likely N-dealkylation sites (N-methyl/N-ethyl adjacent to an activating group) is 1. The summed E-state index contributed by atoms with van der Waals surface area (Å²) in [6.07, 6.45) is 1.08. The summed E-state index contributed by atoms with van der Waals surface area (Å²) in [5.74, 6) is 0. The Labute approximate surface area is 113 Å². The molecule has 0 radical (unpaired) electrons. The standard InChI is InChI=1S/C12H15NO.ClHO4/c1-12(2)9-6-4-5-7-10(9)13(3)11(12)8-14;2-1(3,4)5/h4-8,11H,1-3H3;(H,2,3,4,5). The second-order valence-corrected chi connectivity index (χ2v) is 5.70. The molecular weight excluding hydrogens is 274 g/mol. The summed E-state index contributed by atoms with van der Waals surface area (Å²) < 4.78 is 34.0. The lowest BCUT2D eigenvalue weighted by Gasteiger charge is -2.22. The van der Waals surface area contributed by atoms with Crippen LogP contribution in [0.3, 0.4) is 0 Å². The van der Waals surface area contributed by atoms with Gasteiger partial charge in [0.25, 0.3) is 0 Å². The molecular formula is C12H16ClNO5. The Morgan fingerprint density at radius 3 is 2.11 bits per heavy atom. The van der Waals surface area contributed by atoms with Crippen LogP contribution in [0, 0.1) is 10.2 Å². The molecule has 1 aromatic carbocycles. The quantitative estimate of drug-likeness (QED) is 0.528. The normalized spacial score (nSPS) is 24.2. The van der Waals surface area contributed by atoms with Crippen molar-refractivity contribution >= 4 is 12.0 Å². The number of fused-ring (bicyclic) bond motifs is 1. The van der Waals surface area contributed by atoms with Crippen molar-refractivity contribution in [1.29, 1.82) is 0 Å². The Bertz CT molecular complexity index is 452. The molecule has 1 N–H and O–H groups in total. The predicted octanol–water partition coefficient (Wildman–Crippen LogP) is -4.06. The Morgan fingerprint density at radius 1 is 1.21 bits per heavy atom. The lowest BCUT2D eigenvalue weighted by atomic mass is 9.81. The van der Waals surface area contributed by atoms with E-state index in [0.29, 0.717) is 0 Å². The van der Waals surface area contributed by atoms with Crippen molar-refractivity contribution in [3.63, 3.8) is 0 Å². The summed E-state index contributed by atoms with van der Waals surface area (Å²) in [6, 6.07) is 8.35. The van der Waals surface area contributed by atoms with Gasteiger partial charge in [-0.25, -0.2) is 18.6 Å². The molecule has 0 amide bonds. The summed E-state index contributed by atoms with van der Waals surface area (Å²) >= 11 is 0. The van der Waals surface area contributed by atoms with E-state index in [0.717, 1.165) is 6.29 Å². The maximum Gasteiger partial charge on any atom is 0.178 e. The average Bonchev–Trinajstić information content (AvgIpc) is 2.45. The van der Waals surface area contributed by atoms with E-state index >= 15 is 0 Å². The van der Waals surface area contributed by atoms with E-state index in [1.54, 1.807) is 0 Å². The molecule has 0 fully saturated rings. The van der Waals surface area contributed by atoms with E-state index < -0.39 is 10.2 Å². The van der Waals surface area contributed by atoms with Gasteiger partial charge in [-0.1, -0.05) is 18.2 Å². The van der Waals surface area contributed by atoms with E-state index in [9.17, 15) is 4.79 Å². The van der Waals surface area contributed by atoms with E-state index in [1.807, 2.05) is 12.1 Å². The van der Waals surface area contributed by atoms with Gasteiger partial charge in [0.2, 0.25) is 0 Å². The molecule has 19 heavy (non-hydrogen) atoms. The number of benzene rings is 1. The second-order valence-electron chi connectivity index (χ2n) is 4.94. The van der Waals surface area contributed by atoms with Gasteiger partial charge in [-0.2, -0.15) is 0 Å². The zero-order chi connectivity index (χ0) is 14.8. The largest absolute Gasteiger partial charge is 0.297 e. The maximum atomic E-state index is 11.1. The molecule has 7 heteroatoms. The van der Waals surface area contributed by atoms with Gasteiger partial charge >= 0.3 is 0 Å². The highest BCUT2D eigenvalue weighted by atomic mass is 35.7. The first-order valence-electron chi connectivity index (χ1n) is 5.59. The van der Waals surface area contributed by atoms with E-state index in [4.69, 9.17) is 18.6 Å². The topological polar surface area (TPSA) is 114 Å². The molecule has 1 aliphatic rings. The number of rotatable bonds is 1. The summed E-state index contributed by atoms with van der Waals surface area (Å²) in [4.78, 5) is 12.3. The first-order chi connectivity index (χ1) is 8.59. The average molecular weight is 290 g/mol. The fraction of sp³-hybridized carbons (Fsp3) is 0.417. The fourth-order valence-corrected chi connectivity index (χ4v) is 2.54. The number of para-hydroxylation sites is 1. The van der Waals surface area contributed by atoms with E-state index in [-0.39, 0.29) is 11.5 Å². The predicted molar refractivity (Wildman–Crippen MR) is 55.9 cm³/mol. The minimum atomic E-state index is -4.94. The third-order valence-electron chi connectivity index (χ3n) is 3.43. The van der Waals surface area contributed by atoms with Crippen LogP contribution in [0.5, 0.6) is 0 Å². The molecule has 1 heterocycles. The summed E-state index contributed by atoms with van der Waals surface area (Å²) in [7, 11) is -2.88. The molecule has 6 nitrogen and oxygen atoms in total. The Morgan fingerprint density at radius 2 is 1.68 bits per heavy atom. The fourth-order valence-electron chi connectivity index (χ4n) is 2.54. The minimum absolute atomic E-state index is 0.0393. The van der Waals surface area contributed by atoms with Crippen molar-refractivity contribution < 1.29 is 38.6 Å². The number of aldehydes is 1. The van der Waals surface area contributed by atoms with Crippen LogP contribution in [0.2, 0.25) is 0 Å². The highest BCUT2D eigenvalue weighted by Gasteiger charge is 2.47. The zero-order valence-corrected chi connectivity index (χ0v) is 11.6.